The maximum atomic E-state index is 12.8. The summed E-state index contributed by atoms with van der Waals surface area (Å²) in [6.07, 6.45) is 2.93. The van der Waals surface area contributed by atoms with Gasteiger partial charge in [-0.3, -0.25) is 9.69 Å². The van der Waals surface area contributed by atoms with E-state index >= 15 is 0 Å². The molecule has 1 N–H and O–H groups in total. The second-order valence-corrected chi connectivity index (χ2v) is 7.43. The first-order valence-corrected chi connectivity index (χ1v) is 9.26. The van der Waals surface area contributed by atoms with Crippen molar-refractivity contribution in [3.05, 3.63) is 35.4 Å². The Morgan fingerprint density at radius 2 is 1.88 bits per heavy atom. The summed E-state index contributed by atoms with van der Waals surface area (Å²) >= 11 is 0. The van der Waals surface area contributed by atoms with E-state index in [4.69, 9.17) is 5.26 Å². The van der Waals surface area contributed by atoms with Crippen molar-refractivity contribution >= 4 is 5.91 Å². The van der Waals surface area contributed by atoms with Crippen LogP contribution in [-0.2, 0) is 11.3 Å². The minimum atomic E-state index is -0.217. The van der Waals surface area contributed by atoms with Gasteiger partial charge in [0.1, 0.15) is 0 Å². The molecule has 1 atom stereocenters. The van der Waals surface area contributed by atoms with Crippen LogP contribution in [0.5, 0.6) is 0 Å². The molecular weight excluding hydrogens is 314 g/mol. The van der Waals surface area contributed by atoms with Gasteiger partial charge in [-0.2, -0.15) is 5.26 Å². The summed E-state index contributed by atoms with van der Waals surface area (Å²) in [7, 11) is 0. The summed E-state index contributed by atoms with van der Waals surface area (Å²) < 4.78 is 0. The van der Waals surface area contributed by atoms with E-state index in [1.54, 1.807) is 0 Å². The van der Waals surface area contributed by atoms with E-state index in [2.05, 4.69) is 17.9 Å². The molecule has 2 fully saturated rings. The van der Waals surface area contributed by atoms with Crippen LogP contribution in [0.4, 0.5) is 0 Å². The first kappa shape index (κ1) is 17.9. The van der Waals surface area contributed by atoms with Gasteiger partial charge >= 0.3 is 0 Å². The van der Waals surface area contributed by atoms with Crippen LogP contribution in [0, 0.1) is 17.2 Å². The van der Waals surface area contributed by atoms with Crippen molar-refractivity contribution in [3.63, 3.8) is 0 Å². The van der Waals surface area contributed by atoms with E-state index < -0.39 is 0 Å². The summed E-state index contributed by atoms with van der Waals surface area (Å²) in [6.45, 7) is 5.51. The molecule has 0 bridgehead atoms. The van der Waals surface area contributed by atoms with Crippen LogP contribution in [-0.4, -0.2) is 52.6 Å². The normalized spacial score (nSPS) is 27.7. The highest BCUT2D eigenvalue weighted by molar-refractivity contribution is 5.79. The van der Waals surface area contributed by atoms with Crippen LogP contribution in [0.25, 0.3) is 0 Å². The summed E-state index contributed by atoms with van der Waals surface area (Å²) in [4.78, 5) is 17.2. The number of benzene rings is 1. The molecule has 0 aromatic heterocycles. The lowest BCUT2D eigenvalue weighted by molar-refractivity contribution is -0.141. The predicted molar refractivity (Wildman–Crippen MR) is 95.6 cm³/mol. The molecule has 0 unspecified atom stereocenters. The predicted octanol–water partition coefficient (Wildman–Crippen LogP) is 2.14. The zero-order valence-corrected chi connectivity index (χ0v) is 14.9. The van der Waals surface area contributed by atoms with Crippen molar-refractivity contribution in [2.24, 2.45) is 5.92 Å². The topological polar surface area (TPSA) is 67.6 Å². The molecule has 5 heteroatoms. The van der Waals surface area contributed by atoms with Gasteiger partial charge < -0.3 is 10.0 Å². The number of rotatable bonds is 3. The average Bonchev–Trinajstić information content (AvgIpc) is 2.62. The summed E-state index contributed by atoms with van der Waals surface area (Å²) in [5.74, 6) is 0.369. The molecule has 1 heterocycles. The van der Waals surface area contributed by atoms with E-state index in [1.807, 2.05) is 29.2 Å². The Morgan fingerprint density at radius 1 is 1.20 bits per heavy atom. The van der Waals surface area contributed by atoms with Crippen molar-refractivity contribution < 1.29 is 9.90 Å². The molecule has 5 nitrogen and oxygen atoms in total. The number of aliphatic hydroxyl groups excluding tert-OH is 1. The Kier molecular flexibility index (Phi) is 5.72. The van der Waals surface area contributed by atoms with Crippen LogP contribution in [0.1, 0.15) is 43.7 Å². The Labute approximate surface area is 149 Å². The number of carbonyl (C=O) groups excluding carboxylic acids is 1. The maximum Gasteiger partial charge on any atom is 0.226 e. The van der Waals surface area contributed by atoms with E-state index in [9.17, 15) is 9.90 Å². The number of nitrogens with zero attached hydrogens (tertiary/aromatic N) is 3. The minimum Gasteiger partial charge on any atom is -0.393 e. The van der Waals surface area contributed by atoms with Crippen molar-refractivity contribution in [2.45, 2.75) is 51.3 Å². The molecule has 0 spiro atoms. The minimum absolute atomic E-state index is 0.0935. The molecule has 134 valence electrons. The van der Waals surface area contributed by atoms with Gasteiger partial charge in [0.2, 0.25) is 5.91 Å². The second-order valence-electron chi connectivity index (χ2n) is 7.43. The van der Waals surface area contributed by atoms with E-state index in [1.165, 1.54) is 5.56 Å². The third-order valence-electron chi connectivity index (χ3n) is 5.53. The highest BCUT2D eigenvalue weighted by Gasteiger charge is 2.33. The summed E-state index contributed by atoms with van der Waals surface area (Å²) in [6, 6.07) is 10.1. The Morgan fingerprint density at radius 3 is 2.48 bits per heavy atom. The standard InChI is InChI=1S/C20H27N3O2/c1-15-13-22(14-17-4-2-16(12-21)3-5-17)10-11-23(15)20(25)18-6-8-19(24)9-7-18/h2-5,15,18-19,24H,6-11,13-14H2,1H3/t15-,18?,19?/m1/s1. The zero-order chi connectivity index (χ0) is 17.8. The number of amides is 1. The van der Waals surface area contributed by atoms with Gasteiger partial charge in [-0.15, -0.1) is 0 Å². The van der Waals surface area contributed by atoms with Gasteiger partial charge in [0.25, 0.3) is 0 Å². The molecule has 3 rings (SSSR count). The SMILES string of the molecule is C[C@@H]1CN(Cc2ccc(C#N)cc2)CCN1C(=O)C1CCC(O)CC1. The van der Waals surface area contributed by atoms with Gasteiger partial charge in [0.15, 0.2) is 0 Å². The lowest BCUT2D eigenvalue weighted by atomic mass is 9.86. The van der Waals surface area contributed by atoms with Crippen LogP contribution in [0.15, 0.2) is 24.3 Å². The molecule has 1 aliphatic heterocycles. The van der Waals surface area contributed by atoms with Crippen LogP contribution >= 0.6 is 0 Å². The van der Waals surface area contributed by atoms with Gasteiger partial charge in [-0.1, -0.05) is 12.1 Å². The number of carbonyl (C=O) groups is 1. The lowest BCUT2D eigenvalue weighted by Crippen LogP contribution is -2.55. The second kappa shape index (κ2) is 7.99. The van der Waals surface area contributed by atoms with E-state index in [0.29, 0.717) is 5.56 Å². The number of hydrogen-bond acceptors (Lipinski definition) is 4. The van der Waals surface area contributed by atoms with Gasteiger partial charge in [-0.05, 0) is 50.3 Å². The zero-order valence-electron chi connectivity index (χ0n) is 14.9. The monoisotopic (exact) mass is 341 g/mol. The fourth-order valence-electron chi connectivity index (χ4n) is 4.00. The molecule has 2 aliphatic rings. The molecule has 1 aromatic rings. The maximum absolute atomic E-state index is 12.8. The smallest absolute Gasteiger partial charge is 0.226 e. The molecule has 1 aliphatic carbocycles. The largest absolute Gasteiger partial charge is 0.393 e. The summed E-state index contributed by atoms with van der Waals surface area (Å²) in [5, 5.41) is 18.5. The molecular formula is C20H27N3O2. The Bertz CT molecular complexity index is 629. The lowest BCUT2D eigenvalue weighted by Gasteiger charge is -2.42. The first-order chi connectivity index (χ1) is 12.1. The number of aliphatic hydroxyl groups is 1. The summed E-state index contributed by atoms with van der Waals surface area (Å²) in [5.41, 5.74) is 1.89. The molecule has 1 aromatic carbocycles. The number of hydrogen-bond donors (Lipinski definition) is 1. The van der Waals surface area contributed by atoms with E-state index in [0.717, 1.165) is 51.9 Å². The number of piperazine rings is 1. The van der Waals surface area contributed by atoms with Crippen LogP contribution < -0.4 is 0 Å². The quantitative estimate of drug-likeness (QED) is 0.915. The van der Waals surface area contributed by atoms with Crippen molar-refractivity contribution in [1.82, 2.24) is 9.80 Å². The van der Waals surface area contributed by atoms with E-state index in [-0.39, 0.29) is 24.0 Å². The molecule has 25 heavy (non-hydrogen) atoms. The molecule has 1 saturated heterocycles. The fourth-order valence-corrected chi connectivity index (χ4v) is 4.00. The van der Waals surface area contributed by atoms with Gasteiger partial charge in [-0.25, -0.2) is 0 Å². The van der Waals surface area contributed by atoms with Gasteiger partial charge in [0, 0.05) is 38.1 Å². The van der Waals surface area contributed by atoms with Gasteiger partial charge in [0.05, 0.1) is 17.7 Å². The highest BCUT2D eigenvalue weighted by Crippen LogP contribution is 2.27. The third kappa shape index (κ3) is 4.39. The molecule has 1 saturated carbocycles. The molecule has 0 radical (unpaired) electrons. The van der Waals surface area contributed by atoms with Crippen LogP contribution in [0.2, 0.25) is 0 Å². The van der Waals surface area contributed by atoms with Crippen molar-refractivity contribution in [1.29, 1.82) is 5.26 Å². The third-order valence-corrected chi connectivity index (χ3v) is 5.53. The fraction of sp³-hybridized carbons (Fsp3) is 0.600. The van der Waals surface area contributed by atoms with Crippen molar-refractivity contribution in [2.75, 3.05) is 19.6 Å². The Hall–Kier alpha value is -1.90. The highest BCUT2D eigenvalue weighted by atomic mass is 16.3. The van der Waals surface area contributed by atoms with Crippen molar-refractivity contribution in [3.8, 4) is 6.07 Å². The average molecular weight is 341 g/mol. The number of nitriles is 1. The van der Waals surface area contributed by atoms with Crippen LogP contribution in [0.3, 0.4) is 0 Å². The Balaban J connectivity index is 1.53. The first-order valence-electron chi connectivity index (χ1n) is 9.26. The molecule has 1 amide bonds.